The minimum absolute atomic E-state index is 0.0682. The second-order valence-corrected chi connectivity index (χ2v) is 11.5. The van der Waals surface area contributed by atoms with Gasteiger partial charge < -0.3 is 45.0 Å². The van der Waals surface area contributed by atoms with Gasteiger partial charge >= 0.3 is 17.9 Å². The van der Waals surface area contributed by atoms with Crippen LogP contribution >= 0.6 is 11.8 Å². The van der Waals surface area contributed by atoms with Crippen LogP contribution in [0.25, 0.3) is 11.0 Å². The molecular formula is C30H25N3O14S. The van der Waals surface area contributed by atoms with E-state index < -0.39 is 82.2 Å². The average molecular weight is 684 g/mol. The number of hydrogen-bond donors (Lipinski definition) is 6. The number of esters is 1. The highest BCUT2D eigenvalue weighted by atomic mass is 32.2. The second-order valence-electron chi connectivity index (χ2n) is 10.4. The molecule has 48 heavy (non-hydrogen) atoms. The van der Waals surface area contributed by atoms with E-state index in [1.54, 1.807) is 0 Å². The van der Waals surface area contributed by atoms with Gasteiger partial charge in [-0.3, -0.25) is 28.9 Å². The Labute approximate surface area is 272 Å². The number of carboxylic acids is 2. The highest BCUT2D eigenvalue weighted by molar-refractivity contribution is 8.00. The maximum Gasteiger partial charge on any atom is 0.352 e. The van der Waals surface area contributed by atoms with Crippen LogP contribution in [-0.4, -0.2) is 91.3 Å². The van der Waals surface area contributed by atoms with Crippen molar-refractivity contribution in [2.24, 2.45) is 0 Å². The molecule has 0 spiro atoms. The van der Waals surface area contributed by atoms with Crippen molar-refractivity contribution < 1.29 is 63.1 Å². The summed E-state index contributed by atoms with van der Waals surface area (Å²) in [4.78, 5) is 88.5. The van der Waals surface area contributed by atoms with Crippen LogP contribution in [0.4, 0.5) is 0 Å². The van der Waals surface area contributed by atoms with Gasteiger partial charge in [0.05, 0.1) is 5.39 Å². The number of benzene rings is 2. The number of thioether (sulfide) groups is 1. The maximum atomic E-state index is 13.7. The number of nitrogens with zero attached hydrogens (tertiary/aromatic N) is 1. The van der Waals surface area contributed by atoms with Crippen molar-refractivity contribution in [1.29, 1.82) is 0 Å². The van der Waals surface area contributed by atoms with Gasteiger partial charge in [-0.05, 0) is 29.8 Å². The summed E-state index contributed by atoms with van der Waals surface area (Å²) in [5.41, 5.74) is -1.93. The number of carbonyl (C=O) groups excluding carboxylic acids is 4. The summed E-state index contributed by atoms with van der Waals surface area (Å²) in [5.74, 6) is -7.23. The Hall–Kier alpha value is -6.04. The lowest BCUT2D eigenvalue weighted by molar-refractivity contribution is -0.151. The van der Waals surface area contributed by atoms with E-state index in [0.717, 1.165) is 42.0 Å². The summed E-state index contributed by atoms with van der Waals surface area (Å²) in [6, 6.07) is 4.67. The van der Waals surface area contributed by atoms with Crippen LogP contribution in [0, 0.1) is 0 Å². The smallest absolute Gasteiger partial charge is 0.352 e. The molecule has 17 nitrogen and oxygen atoms in total. The van der Waals surface area contributed by atoms with E-state index in [-0.39, 0.29) is 45.9 Å². The van der Waals surface area contributed by atoms with Crippen molar-refractivity contribution in [2.75, 3.05) is 19.0 Å². The summed E-state index contributed by atoms with van der Waals surface area (Å²) in [6.07, 6.45) is 0.732. The fraction of sp³-hybridized carbons (Fsp3) is 0.233. The van der Waals surface area contributed by atoms with Crippen molar-refractivity contribution >= 4 is 58.4 Å². The first kappa shape index (κ1) is 33.3. The lowest BCUT2D eigenvalue weighted by atomic mass is 10.0. The first-order valence-corrected chi connectivity index (χ1v) is 14.9. The van der Waals surface area contributed by atoms with Gasteiger partial charge in [0.1, 0.15) is 47.3 Å². The number of β-lactam (4-membered cyclic amide) rings is 1. The molecule has 6 N–H and O–H groups in total. The lowest BCUT2D eigenvalue weighted by Gasteiger charge is -2.49. The first-order chi connectivity index (χ1) is 22.8. The Morgan fingerprint density at radius 2 is 1.77 bits per heavy atom. The molecule has 2 aromatic carbocycles. The molecule has 2 aliphatic rings. The molecule has 5 rings (SSSR count). The van der Waals surface area contributed by atoms with Gasteiger partial charge in [-0.1, -0.05) is 12.1 Å². The number of ether oxygens (including phenoxy) is 2. The number of aliphatic carboxylic acids is 2. The standard InChI is InChI=1S/C30H25N3O14S/c1-12(34)45-8-14-11-48-29-21(28(42)33(29)22(14)30(43)44)32-27(41)20(13-2-4-15(5-3-13)46-10-19(36)37)31-26(40)17-9-47-25-16(23(17)38)6-7-18(35)24(25)39/h2-7,9,20-21,29,35,39H,8,10-11H2,1H3,(H,31,40)(H,32,41)(H,36,37)(H,43,44)/t20?,21-,29+/m1/s1. The summed E-state index contributed by atoms with van der Waals surface area (Å²) in [7, 11) is 0. The summed E-state index contributed by atoms with van der Waals surface area (Å²) >= 11 is 1.12. The van der Waals surface area contributed by atoms with Crippen LogP contribution in [0.3, 0.4) is 0 Å². The number of hydrogen-bond acceptors (Lipinski definition) is 13. The topological polar surface area (TPSA) is 259 Å². The number of rotatable bonds is 11. The highest BCUT2D eigenvalue weighted by Crippen LogP contribution is 2.40. The van der Waals surface area contributed by atoms with Crippen LogP contribution in [-0.2, 0) is 28.7 Å². The molecular weight excluding hydrogens is 658 g/mol. The molecule has 3 amide bonds. The van der Waals surface area contributed by atoms with E-state index >= 15 is 0 Å². The van der Waals surface area contributed by atoms with Gasteiger partial charge in [0.2, 0.25) is 17.1 Å². The highest BCUT2D eigenvalue weighted by Gasteiger charge is 2.54. The van der Waals surface area contributed by atoms with Crippen LogP contribution < -0.4 is 20.8 Å². The van der Waals surface area contributed by atoms with E-state index in [1.165, 1.54) is 24.3 Å². The zero-order valence-corrected chi connectivity index (χ0v) is 25.4. The predicted molar refractivity (Wildman–Crippen MR) is 162 cm³/mol. The maximum absolute atomic E-state index is 13.7. The zero-order chi connectivity index (χ0) is 34.9. The number of aromatic hydroxyl groups is 2. The van der Waals surface area contributed by atoms with Gasteiger partial charge in [-0.2, -0.15) is 0 Å². The van der Waals surface area contributed by atoms with Crippen molar-refractivity contribution in [3.8, 4) is 17.2 Å². The van der Waals surface area contributed by atoms with Gasteiger partial charge in [-0.15, -0.1) is 11.8 Å². The van der Waals surface area contributed by atoms with Crippen molar-refractivity contribution in [1.82, 2.24) is 15.5 Å². The quantitative estimate of drug-likeness (QED) is 0.0910. The minimum atomic E-state index is -1.57. The molecule has 0 radical (unpaired) electrons. The molecule has 0 saturated carbocycles. The zero-order valence-electron chi connectivity index (χ0n) is 24.6. The molecule has 0 bridgehead atoms. The van der Waals surface area contributed by atoms with Crippen LogP contribution in [0.5, 0.6) is 17.2 Å². The van der Waals surface area contributed by atoms with Gasteiger partial charge in [0.25, 0.3) is 11.8 Å². The monoisotopic (exact) mass is 683 g/mol. The van der Waals surface area contributed by atoms with Gasteiger partial charge in [0, 0.05) is 18.2 Å². The fourth-order valence-electron chi connectivity index (χ4n) is 4.96. The molecule has 250 valence electrons. The molecule has 1 aromatic heterocycles. The molecule has 1 unspecified atom stereocenters. The molecule has 3 aromatic rings. The minimum Gasteiger partial charge on any atom is -0.504 e. The van der Waals surface area contributed by atoms with Crippen molar-refractivity contribution in [3.05, 3.63) is 75.3 Å². The molecule has 1 saturated heterocycles. The number of nitrogens with one attached hydrogen (secondary N) is 2. The van der Waals surface area contributed by atoms with Crippen LogP contribution in [0.2, 0.25) is 0 Å². The number of fused-ring (bicyclic) bond motifs is 2. The summed E-state index contributed by atoms with van der Waals surface area (Å²) in [5, 5.41) is 42.2. The Kier molecular flexibility index (Phi) is 9.28. The average Bonchev–Trinajstić information content (AvgIpc) is 3.05. The van der Waals surface area contributed by atoms with E-state index in [9.17, 15) is 48.9 Å². The Morgan fingerprint density at radius 3 is 2.42 bits per heavy atom. The third kappa shape index (κ3) is 6.45. The van der Waals surface area contributed by atoms with E-state index in [4.69, 9.17) is 19.0 Å². The van der Waals surface area contributed by atoms with Crippen LogP contribution in [0.1, 0.15) is 28.9 Å². The van der Waals surface area contributed by atoms with Crippen molar-refractivity contribution in [2.45, 2.75) is 24.4 Å². The normalized spacial score (nSPS) is 17.5. The first-order valence-electron chi connectivity index (χ1n) is 13.8. The number of carboxylic acid groups (broad SMARTS) is 2. The lowest BCUT2D eigenvalue weighted by Crippen LogP contribution is -2.71. The molecule has 3 heterocycles. The SMILES string of the molecule is CC(=O)OCC1=C(C(=O)O)N2C(=O)[C@@H](NC(=O)C(NC(=O)c3coc4c(O)c(O)ccc4c3=O)c3ccc(OCC(=O)O)cc3)[C@@H]2SC1. The number of carbonyl (C=O) groups is 6. The summed E-state index contributed by atoms with van der Waals surface area (Å²) < 4.78 is 15.3. The number of phenolic OH excluding ortho intramolecular Hbond substituents is 2. The van der Waals surface area contributed by atoms with Gasteiger partial charge in [-0.25, -0.2) is 9.59 Å². The number of amides is 3. The second kappa shape index (κ2) is 13.4. The molecule has 1 fully saturated rings. The third-order valence-electron chi connectivity index (χ3n) is 7.25. The van der Waals surface area contributed by atoms with Crippen LogP contribution in [0.15, 0.2) is 63.1 Å². The Morgan fingerprint density at radius 1 is 1.06 bits per heavy atom. The fourth-order valence-corrected chi connectivity index (χ4v) is 6.29. The number of phenols is 2. The molecule has 18 heteroatoms. The predicted octanol–water partition coefficient (Wildman–Crippen LogP) is 0.440. The van der Waals surface area contributed by atoms with E-state index in [1.807, 2.05) is 0 Å². The Balaban J connectivity index is 1.42. The molecule has 0 aliphatic carbocycles. The largest absolute Gasteiger partial charge is 0.504 e. The molecule has 2 aliphatic heterocycles. The van der Waals surface area contributed by atoms with Crippen molar-refractivity contribution in [3.63, 3.8) is 0 Å². The van der Waals surface area contributed by atoms with Gasteiger partial charge in [0.15, 0.2) is 17.9 Å². The summed E-state index contributed by atoms with van der Waals surface area (Å²) in [6.45, 7) is 0.149. The van der Waals surface area contributed by atoms with E-state index in [2.05, 4.69) is 10.6 Å². The molecule has 3 atom stereocenters. The third-order valence-corrected chi connectivity index (χ3v) is 8.59. The van der Waals surface area contributed by atoms with E-state index in [0.29, 0.717) is 0 Å². The Bertz CT molecular complexity index is 1950.